The van der Waals surface area contributed by atoms with Crippen LogP contribution in [0, 0.1) is 63.1 Å². The minimum Gasteiger partial charge on any atom is -0.481 e. The first kappa shape index (κ1) is 111. The summed E-state index contributed by atoms with van der Waals surface area (Å²) < 4.78 is 34.3. The van der Waals surface area contributed by atoms with Gasteiger partial charge in [0.1, 0.15) is 22.3 Å². The van der Waals surface area contributed by atoms with Crippen LogP contribution in [0.5, 0.6) is 0 Å². The van der Waals surface area contributed by atoms with Gasteiger partial charge in [-0.05, 0) is 110 Å². The van der Waals surface area contributed by atoms with Crippen LogP contribution < -0.4 is 37.6 Å². The number of hydrogen-bond donors (Lipinski definition) is 4. The molecule has 20 nitrogen and oxygen atoms in total. The summed E-state index contributed by atoms with van der Waals surface area (Å²) in [6, 6.07) is 36.3. The number of aliphatic carboxylic acids is 1. The minimum atomic E-state index is -3.82. The van der Waals surface area contributed by atoms with Crippen molar-refractivity contribution in [1.82, 2.24) is 10.6 Å². The Kier molecular flexibility index (Phi) is 51.6. The standard InChI is InChI=1S/C34H44NO5P.C22H34ClNO4.C13H13OP.C12H25NO2.C10H11ClO3.C2H5Cl.C2H2.Cl2OS.H2O/c1-4-5-6-7-8-9-10-17-22-28(35-32(39)34-24-23-27(33(34,2)3)29(36)30(34)37)31(38)41(40,25-18-13-11-14-19-25)26-20-15-12-16-21-26;1-4-5-6-7-8-9-10-11-12-16(19(23)27)24-20(28)22-14-13-15(21(22,2)3)17(25)18(22)26;1-14-15(12-8-4-2-5-9-12)13-10-6-3-7-11-13;13-11-9-7-5-3-1-2-4-6-8-10-12(14)15;1-9(2)5-3-4-10(9,8(11)14)7(13)6(5)12;1-2-3;1-2;1-4(2)3;/h11-16,18-21,27-28H,4-10,17,22-24H2,1-3H3,(H,35,39);15-16H,4-14H2,1-3H3,(H,24,28);2-11H,1H3;1-11,13H2,(H,14,15);5H,3-4H2,1-2H3;2H2,1H3;1-2H;;1H2/i/hD. The van der Waals surface area contributed by atoms with Crippen molar-refractivity contribution >= 4 is 170 Å². The summed E-state index contributed by atoms with van der Waals surface area (Å²) in [7, 11) is 4.66. The number of carbonyl (C=O) groups is 12. The molecule has 28 heteroatoms. The lowest BCUT2D eigenvalue weighted by Crippen LogP contribution is -2.55. The van der Waals surface area contributed by atoms with Crippen LogP contribution in [0.2, 0.25) is 0 Å². The van der Waals surface area contributed by atoms with Crippen LogP contribution in [-0.2, 0) is 75.8 Å². The van der Waals surface area contributed by atoms with Crippen LogP contribution in [0.4, 0.5) is 0 Å². The maximum absolute atomic E-state index is 14.9. The summed E-state index contributed by atoms with van der Waals surface area (Å²) in [5.74, 6) is -5.37. The smallest absolute Gasteiger partial charge is 0.303 e. The second-order valence-electron chi connectivity index (χ2n) is 33.7. The van der Waals surface area contributed by atoms with Crippen LogP contribution >= 0.6 is 71.5 Å². The maximum Gasteiger partial charge on any atom is 0.303 e. The molecule has 123 heavy (non-hydrogen) atoms. The van der Waals surface area contributed by atoms with Crippen molar-refractivity contribution in [1.29, 1.82) is 0 Å². The zero-order valence-corrected chi connectivity index (χ0v) is 80.2. The fraction of sp³-hybridized carbons (Fsp3) is 0.600. The Hall–Kier alpha value is -5.98. The van der Waals surface area contributed by atoms with Crippen LogP contribution in [0.25, 0.3) is 0 Å². The number of carbonyl (C=O) groups excluding carboxylic acids is 11. The van der Waals surface area contributed by atoms with Crippen molar-refractivity contribution in [2.75, 3.05) is 19.5 Å². The van der Waals surface area contributed by atoms with E-state index < -0.39 is 149 Å². The lowest BCUT2D eigenvalue weighted by Gasteiger charge is -2.35. The van der Waals surface area contributed by atoms with E-state index in [2.05, 4.69) is 83.0 Å². The molecule has 0 spiro atoms. The predicted molar refractivity (Wildman–Crippen MR) is 500 cm³/mol. The van der Waals surface area contributed by atoms with E-state index in [1.54, 1.807) is 83.3 Å². The number of fused-ring (bicyclic) bond motifs is 6. The van der Waals surface area contributed by atoms with Crippen LogP contribution in [0.3, 0.4) is 0 Å². The van der Waals surface area contributed by atoms with Gasteiger partial charge in [-0.25, -0.2) is 4.21 Å². The number of rotatable bonds is 42. The van der Waals surface area contributed by atoms with Gasteiger partial charge < -0.3 is 36.0 Å². The molecule has 10 rings (SSSR count). The van der Waals surface area contributed by atoms with E-state index in [9.17, 15) is 62.1 Å². The number of Topliss-reactive ketones (excluding diaryl/α,β-unsaturated/α-hetero) is 6. The Morgan fingerprint density at radius 1 is 0.512 bits per heavy atom. The fourth-order valence-electron chi connectivity index (χ4n) is 18.3. The third-order valence-corrected chi connectivity index (χ3v) is 30.9. The molecule has 684 valence electrons. The zero-order chi connectivity index (χ0) is 93.5. The monoisotopic (exact) mass is 1860 g/mol. The van der Waals surface area contributed by atoms with Crippen molar-refractivity contribution in [3.05, 3.63) is 121 Å². The molecule has 0 aromatic heterocycles. The van der Waals surface area contributed by atoms with E-state index in [1.807, 2.05) is 69.3 Å². The number of terminal acetylenes is 1. The maximum atomic E-state index is 14.9. The first-order valence-electron chi connectivity index (χ1n) is 44.0. The lowest BCUT2D eigenvalue weighted by molar-refractivity contribution is -0.150. The lowest BCUT2D eigenvalue weighted by atomic mass is 9.68. The van der Waals surface area contributed by atoms with Crippen molar-refractivity contribution in [2.45, 2.75) is 293 Å². The van der Waals surface area contributed by atoms with Crippen LogP contribution in [0.1, 0.15) is 282 Å². The molecule has 6 bridgehead atoms. The molecule has 6 fully saturated rings. The summed E-state index contributed by atoms with van der Waals surface area (Å²) in [5.41, 5.74) is 4.90. The molecule has 6 aliphatic rings. The molecule has 8 atom stereocenters. The van der Waals surface area contributed by atoms with Gasteiger partial charge in [0.05, 0.1) is 14.2 Å². The first-order chi connectivity index (χ1) is 59.0. The number of nitrogens with one attached hydrogen (secondary N) is 2. The third kappa shape index (κ3) is 29.8. The highest BCUT2D eigenvalue weighted by Crippen LogP contribution is 2.65. The molecular formula is C95H136Cl5N3O17P2S. The minimum absolute atomic E-state index is 0.286. The molecule has 4 aromatic carbocycles. The molecular weight excluding hydrogens is 1730 g/mol. The van der Waals surface area contributed by atoms with E-state index in [0.717, 1.165) is 70.2 Å². The number of unbranched alkanes of at least 4 members (excludes halogenated alkanes) is 22. The number of hydrogen-bond acceptors (Lipinski definition) is 16. The summed E-state index contributed by atoms with van der Waals surface area (Å²) in [4.78, 5) is 149. The van der Waals surface area contributed by atoms with Gasteiger partial charge in [0.15, 0.2) is 0 Å². The zero-order valence-electron chi connectivity index (χ0n) is 74.8. The van der Waals surface area contributed by atoms with E-state index in [-0.39, 0.29) is 12.3 Å². The summed E-state index contributed by atoms with van der Waals surface area (Å²) >= 11 is 16.2. The molecule has 0 radical (unpaired) electrons. The Morgan fingerprint density at radius 2 is 0.789 bits per heavy atom. The number of carboxylic acids is 1. The molecule has 6 saturated carbocycles. The second-order valence-corrected chi connectivity index (χ2v) is 42.2. The van der Waals surface area contributed by atoms with Gasteiger partial charge in [0.2, 0.25) is 80.3 Å². The van der Waals surface area contributed by atoms with E-state index in [0.29, 0.717) is 68.4 Å². The highest BCUT2D eigenvalue weighted by atomic mass is 36.0. The predicted octanol–water partition coefficient (Wildman–Crippen LogP) is 19.1. The first-order valence-corrected chi connectivity index (χ1v) is 50.6. The molecule has 2 amide bonds. The SMILES string of the molecule is C#C.CC1(C)C2CCC1(C(=O)Cl)C(=O)C2=O.CCCCCCCCCCC(NC(=O)C12CCC(C(=O)C1=O)C2(C)C)C(=O)Cl.CCCCCCCCCCC(NC(=O)C12CCC(C(=O)C1=O)C2(C)C)C(=O)P(=O)(c1ccccc1)c1ccccc1.CCCl.COP(c1ccccc1)c1ccccc1.NCCCCCCCCCCCC(=O)O.O=S(Cl)Cl.[2H]O. The highest BCUT2D eigenvalue weighted by Gasteiger charge is 2.75. The van der Waals surface area contributed by atoms with Gasteiger partial charge >= 0.3 is 5.97 Å². The Morgan fingerprint density at radius 3 is 1.07 bits per heavy atom. The van der Waals surface area contributed by atoms with Crippen molar-refractivity contribution in [3.63, 3.8) is 0 Å². The number of amides is 2. The molecule has 4 aromatic rings. The van der Waals surface area contributed by atoms with E-state index in [1.165, 1.54) is 107 Å². The van der Waals surface area contributed by atoms with E-state index >= 15 is 0 Å². The molecule has 0 heterocycles. The normalized spacial score (nSPS) is 20.9. The fourth-order valence-corrected chi connectivity index (χ4v) is 23.1. The van der Waals surface area contributed by atoms with Gasteiger partial charge in [-0.15, -0.1) is 24.4 Å². The Bertz CT molecular complexity index is 4030. The topological polar surface area (TPSA) is 350 Å². The molecule has 8 unspecified atom stereocenters. The molecule has 0 aliphatic heterocycles. The summed E-state index contributed by atoms with van der Waals surface area (Å²) in [6.07, 6.45) is 40.1. The summed E-state index contributed by atoms with van der Waals surface area (Å²) in [6.45, 7) is 17.9. The Balaban J connectivity index is 0.000000542. The molecule has 7 N–H and O–H groups in total. The van der Waals surface area contributed by atoms with Crippen molar-refractivity contribution in [3.8, 4) is 12.8 Å². The van der Waals surface area contributed by atoms with Crippen molar-refractivity contribution in [2.24, 2.45) is 56.0 Å². The van der Waals surface area contributed by atoms with Crippen LogP contribution in [-0.4, -0.2) is 115 Å². The van der Waals surface area contributed by atoms with Gasteiger partial charge in [0.25, 0.3) is 0 Å². The van der Waals surface area contributed by atoms with E-state index in [4.69, 9.17) is 61.3 Å². The number of halogens is 5. The number of nitrogens with two attached hydrogens (primary N) is 1. The molecule has 6 aliphatic carbocycles. The number of ketones is 6. The Labute approximate surface area is 761 Å². The van der Waals surface area contributed by atoms with Gasteiger partial charge in [-0.3, -0.25) is 57.5 Å². The third-order valence-electron chi connectivity index (χ3n) is 25.4. The van der Waals surface area contributed by atoms with Crippen LogP contribution in [0.15, 0.2) is 121 Å². The average Bonchev–Trinajstić information content (AvgIpc) is 1.55. The number of alkyl halides is 1. The quantitative estimate of drug-likeness (QED) is 0.00609. The van der Waals surface area contributed by atoms with Gasteiger partial charge in [0, 0.05) is 79.7 Å². The second kappa shape index (κ2) is 57.1. The van der Waals surface area contributed by atoms with Gasteiger partial charge in [-0.2, -0.15) is 0 Å². The largest absolute Gasteiger partial charge is 0.481 e. The highest BCUT2D eigenvalue weighted by molar-refractivity contribution is 8.26. The van der Waals surface area contributed by atoms with Crippen molar-refractivity contribution < 1.29 is 82.8 Å². The average molecular weight is 1860 g/mol. The number of carboxylic acid groups (broad SMARTS) is 1. The summed E-state index contributed by atoms with van der Waals surface area (Å²) in [5, 5.41) is 16.1. The van der Waals surface area contributed by atoms with Gasteiger partial charge in [-0.1, -0.05) is 331 Å². The number of benzene rings is 4. The molecule has 0 saturated heterocycles.